The summed E-state index contributed by atoms with van der Waals surface area (Å²) < 4.78 is 4.97. The molecule has 1 aromatic rings. The maximum absolute atomic E-state index is 11.5. The van der Waals surface area contributed by atoms with Crippen LogP contribution in [0.1, 0.15) is 12.0 Å². The molecule has 1 aromatic carbocycles. The lowest BCUT2D eigenvalue weighted by atomic mass is 10.2. The predicted molar refractivity (Wildman–Crippen MR) is 76.4 cm³/mol. The van der Waals surface area contributed by atoms with Crippen molar-refractivity contribution in [2.75, 3.05) is 20.2 Å². The standard InChI is InChI=1S/C14H20N2O4/c1-20-13-8-10(2-4-12(13)18)3-5-14(19)16-9-11(17)6-7-15/h2-5,8,11,17-18H,6-7,9,15H2,1H3,(H,16,19)/b5-3+. The number of nitrogens with two attached hydrogens (primary N) is 1. The molecule has 0 aliphatic carbocycles. The van der Waals surface area contributed by atoms with E-state index in [4.69, 9.17) is 10.5 Å². The number of nitrogens with one attached hydrogen (secondary N) is 1. The first kappa shape index (κ1) is 16.0. The molecule has 0 aliphatic heterocycles. The number of benzene rings is 1. The summed E-state index contributed by atoms with van der Waals surface area (Å²) in [7, 11) is 1.45. The minimum Gasteiger partial charge on any atom is -0.504 e. The van der Waals surface area contributed by atoms with Crippen molar-refractivity contribution in [2.45, 2.75) is 12.5 Å². The topological polar surface area (TPSA) is 105 Å². The number of aliphatic hydroxyl groups is 1. The van der Waals surface area contributed by atoms with Crippen molar-refractivity contribution in [3.05, 3.63) is 29.8 Å². The van der Waals surface area contributed by atoms with Crippen LogP contribution in [-0.4, -0.2) is 42.4 Å². The van der Waals surface area contributed by atoms with Gasteiger partial charge in [-0.1, -0.05) is 6.07 Å². The van der Waals surface area contributed by atoms with E-state index >= 15 is 0 Å². The third-order valence-electron chi connectivity index (χ3n) is 2.64. The van der Waals surface area contributed by atoms with Gasteiger partial charge in [-0.05, 0) is 36.7 Å². The zero-order valence-electron chi connectivity index (χ0n) is 11.4. The number of aliphatic hydroxyl groups excluding tert-OH is 1. The normalized spacial score (nSPS) is 12.3. The molecular weight excluding hydrogens is 260 g/mol. The average molecular weight is 280 g/mol. The summed E-state index contributed by atoms with van der Waals surface area (Å²) >= 11 is 0. The third-order valence-corrected chi connectivity index (χ3v) is 2.64. The Morgan fingerprint density at radius 2 is 2.30 bits per heavy atom. The number of rotatable bonds is 7. The molecule has 0 saturated heterocycles. The average Bonchev–Trinajstić information content (AvgIpc) is 2.44. The summed E-state index contributed by atoms with van der Waals surface area (Å²) in [6.45, 7) is 0.541. The van der Waals surface area contributed by atoms with Gasteiger partial charge in [0.05, 0.1) is 13.2 Å². The van der Waals surface area contributed by atoms with Crippen molar-refractivity contribution in [1.29, 1.82) is 0 Å². The molecule has 5 N–H and O–H groups in total. The molecule has 0 radical (unpaired) electrons. The fourth-order valence-corrected chi connectivity index (χ4v) is 1.54. The van der Waals surface area contributed by atoms with Gasteiger partial charge in [-0.2, -0.15) is 0 Å². The van der Waals surface area contributed by atoms with Gasteiger partial charge in [0.25, 0.3) is 0 Å². The summed E-state index contributed by atoms with van der Waals surface area (Å²) in [6, 6.07) is 4.76. The van der Waals surface area contributed by atoms with Crippen LogP contribution in [0.2, 0.25) is 0 Å². The van der Waals surface area contributed by atoms with Gasteiger partial charge in [0.15, 0.2) is 11.5 Å². The molecule has 20 heavy (non-hydrogen) atoms. The van der Waals surface area contributed by atoms with Crippen molar-refractivity contribution >= 4 is 12.0 Å². The summed E-state index contributed by atoms with van der Waals surface area (Å²) in [5.41, 5.74) is 6.01. The number of hydrogen-bond donors (Lipinski definition) is 4. The second-order valence-electron chi connectivity index (χ2n) is 4.24. The number of ether oxygens (including phenoxy) is 1. The Bertz CT molecular complexity index is 474. The largest absolute Gasteiger partial charge is 0.504 e. The lowest BCUT2D eigenvalue weighted by molar-refractivity contribution is -0.116. The summed E-state index contributed by atoms with van der Waals surface area (Å²) in [6.07, 6.45) is 2.75. The van der Waals surface area contributed by atoms with Crippen LogP contribution in [-0.2, 0) is 4.79 Å². The van der Waals surface area contributed by atoms with Gasteiger partial charge in [-0.3, -0.25) is 4.79 Å². The highest BCUT2D eigenvalue weighted by Crippen LogP contribution is 2.26. The van der Waals surface area contributed by atoms with Crippen LogP contribution in [0.15, 0.2) is 24.3 Å². The molecule has 0 bridgehead atoms. The zero-order chi connectivity index (χ0) is 15.0. The highest BCUT2D eigenvalue weighted by molar-refractivity contribution is 5.91. The van der Waals surface area contributed by atoms with Crippen molar-refractivity contribution in [2.24, 2.45) is 5.73 Å². The molecule has 6 nitrogen and oxygen atoms in total. The highest BCUT2D eigenvalue weighted by Gasteiger charge is 2.04. The van der Waals surface area contributed by atoms with Crippen LogP contribution in [0.4, 0.5) is 0 Å². The number of phenolic OH excluding ortho intramolecular Hbond substituents is 1. The maximum Gasteiger partial charge on any atom is 0.244 e. The van der Waals surface area contributed by atoms with E-state index in [9.17, 15) is 15.0 Å². The molecule has 0 fully saturated rings. The lowest BCUT2D eigenvalue weighted by Crippen LogP contribution is -2.32. The Labute approximate surface area is 117 Å². The predicted octanol–water partition coefficient (Wildman–Crippen LogP) is 0.240. The monoisotopic (exact) mass is 280 g/mol. The quantitative estimate of drug-likeness (QED) is 0.536. The van der Waals surface area contributed by atoms with Gasteiger partial charge in [-0.15, -0.1) is 0 Å². The first-order valence-electron chi connectivity index (χ1n) is 6.28. The van der Waals surface area contributed by atoms with Crippen molar-refractivity contribution in [3.63, 3.8) is 0 Å². The van der Waals surface area contributed by atoms with E-state index in [0.29, 0.717) is 18.7 Å². The van der Waals surface area contributed by atoms with Crippen LogP contribution >= 0.6 is 0 Å². The van der Waals surface area contributed by atoms with E-state index in [1.165, 1.54) is 19.3 Å². The fraction of sp³-hybridized carbons (Fsp3) is 0.357. The smallest absolute Gasteiger partial charge is 0.244 e. The Hall–Kier alpha value is -2.05. The first-order valence-corrected chi connectivity index (χ1v) is 6.28. The van der Waals surface area contributed by atoms with Crippen LogP contribution in [0.5, 0.6) is 11.5 Å². The zero-order valence-corrected chi connectivity index (χ0v) is 11.4. The Kier molecular flexibility index (Phi) is 6.55. The highest BCUT2D eigenvalue weighted by atomic mass is 16.5. The molecule has 6 heteroatoms. The molecule has 1 amide bonds. The fourth-order valence-electron chi connectivity index (χ4n) is 1.54. The Morgan fingerprint density at radius 1 is 1.55 bits per heavy atom. The van der Waals surface area contributed by atoms with E-state index in [1.54, 1.807) is 18.2 Å². The molecule has 1 atom stereocenters. The number of methoxy groups -OCH3 is 1. The Morgan fingerprint density at radius 3 is 2.95 bits per heavy atom. The second-order valence-corrected chi connectivity index (χ2v) is 4.24. The minimum atomic E-state index is -0.633. The summed E-state index contributed by atoms with van der Waals surface area (Å²) in [5.74, 6) is 0.0676. The molecular formula is C14H20N2O4. The molecule has 0 aliphatic rings. The van der Waals surface area contributed by atoms with Crippen LogP contribution in [0.25, 0.3) is 6.08 Å². The summed E-state index contributed by atoms with van der Waals surface area (Å²) in [4.78, 5) is 11.5. The molecule has 0 aromatic heterocycles. The summed E-state index contributed by atoms with van der Waals surface area (Å²) in [5, 5.41) is 21.4. The van der Waals surface area contributed by atoms with E-state index in [2.05, 4.69) is 5.32 Å². The van der Waals surface area contributed by atoms with Gasteiger partial charge >= 0.3 is 0 Å². The van der Waals surface area contributed by atoms with Crippen molar-refractivity contribution in [3.8, 4) is 11.5 Å². The van der Waals surface area contributed by atoms with E-state index < -0.39 is 6.10 Å². The molecule has 0 spiro atoms. The van der Waals surface area contributed by atoms with Crippen LogP contribution in [0.3, 0.4) is 0 Å². The number of carbonyl (C=O) groups is 1. The van der Waals surface area contributed by atoms with Gasteiger partial charge in [0.2, 0.25) is 5.91 Å². The van der Waals surface area contributed by atoms with Gasteiger partial charge < -0.3 is 26.0 Å². The number of carbonyl (C=O) groups excluding carboxylic acids is 1. The Balaban J connectivity index is 2.53. The number of amides is 1. The van der Waals surface area contributed by atoms with E-state index in [-0.39, 0.29) is 18.2 Å². The second kappa shape index (κ2) is 8.19. The van der Waals surface area contributed by atoms with Crippen molar-refractivity contribution in [1.82, 2.24) is 5.32 Å². The molecule has 0 heterocycles. The van der Waals surface area contributed by atoms with E-state index in [1.807, 2.05) is 0 Å². The van der Waals surface area contributed by atoms with Crippen molar-refractivity contribution < 1.29 is 19.7 Å². The maximum atomic E-state index is 11.5. The van der Waals surface area contributed by atoms with E-state index in [0.717, 1.165) is 5.56 Å². The van der Waals surface area contributed by atoms with Gasteiger partial charge in [-0.25, -0.2) is 0 Å². The van der Waals surface area contributed by atoms with Gasteiger partial charge in [0, 0.05) is 12.6 Å². The molecule has 0 saturated carbocycles. The number of hydrogen-bond acceptors (Lipinski definition) is 5. The minimum absolute atomic E-state index is 0.0407. The van der Waals surface area contributed by atoms with Crippen LogP contribution < -0.4 is 15.8 Å². The van der Waals surface area contributed by atoms with Crippen LogP contribution in [0, 0.1) is 0 Å². The molecule has 110 valence electrons. The molecule has 1 unspecified atom stereocenters. The number of phenols is 1. The molecule has 1 rings (SSSR count). The third kappa shape index (κ3) is 5.29. The lowest BCUT2D eigenvalue weighted by Gasteiger charge is -2.08. The number of aromatic hydroxyl groups is 1. The first-order chi connectivity index (χ1) is 9.56. The SMILES string of the molecule is COc1cc(/C=C/C(=O)NCC(O)CCN)ccc1O. The van der Waals surface area contributed by atoms with Gasteiger partial charge in [0.1, 0.15) is 0 Å².